The smallest absolute Gasteiger partial charge is 0.456 e. The highest BCUT2D eigenvalue weighted by Gasteiger charge is 2.58. The molecule has 18 heavy (non-hydrogen) atoms. The van der Waals surface area contributed by atoms with Gasteiger partial charge in [0.2, 0.25) is 5.88 Å². The molecule has 4 nitrogen and oxygen atoms in total. The lowest BCUT2D eigenvalue weighted by Crippen LogP contribution is -2.41. The van der Waals surface area contributed by atoms with Gasteiger partial charge in [0.15, 0.2) is 6.61 Å². The van der Waals surface area contributed by atoms with Crippen molar-refractivity contribution >= 4 is 5.82 Å². The molecule has 0 aliphatic rings. The number of hydrogen-bond acceptors (Lipinski definition) is 4. The number of anilines is 1. The van der Waals surface area contributed by atoms with E-state index in [0.717, 1.165) is 6.20 Å². The molecule has 0 saturated carbocycles. The first-order valence-corrected chi connectivity index (χ1v) is 4.89. The third-order valence-corrected chi connectivity index (χ3v) is 1.79. The van der Waals surface area contributed by atoms with Crippen LogP contribution in [0, 0.1) is 0 Å². The number of ether oxygens (including phenoxy) is 1. The van der Waals surface area contributed by atoms with Crippen molar-refractivity contribution in [3.63, 3.8) is 0 Å². The summed E-state index contributed by atoms with van der Waals surface area (Å²) in [5.74, 6) is -5.11. The zero-order valence-electron chi connectivity index (χ0n) is 9.26. The molecule has 9 heteroatoms. The second-order valence-electron chi connectivity index (χ2n) is 3.26. The van der Waals surface area contributed by atoms with Gasteiger partial charge in [-0.3, -0.25) is 4.98 Å². The number of alkyl halides is 5. The minimum atomic E-state index is -5.65. The van der Waals surface area contributed by atoms with Gasteiger partial charge in [-0.05, 0) is 6.92 Å². The molecule has 1 heterocycles. The molecule has 102 valence electrons. The van der Waals surface area contributed by atoms with E-state index in [0.29, 0.717) is 6.54 Å². The summed E-state index contributed by atoms with van der Waals surface area (Å²) in [6.07, 6.45) is -3.41. The predicted octanol–water partition coefficient (Wildman–Crippen LogP) is 2.48. The van der Waals surface area contributed by atoms with Crippen LogP contribution in [0.4, 0.5) is 27.8 Å². The molecule has 1 N–H and O–H groups in total. The molecule has 0 amide bonds. The lowest BCUT2D eigenvalue weighted by atomic mass is 10.3. The Hall–Kier alpha value is -1.67. The van der Waals surface area contributed by atoms with Crippen LogP contribution in [0.15, 0.2) is 12.4 Å². The van der Waals surface area contributed by atoms with Crippen molar-refractivity contribution < 1.29 is 26.7 Å². The minimum absolute atomic E-state index is 0.227. The van der Waals surface area contributed by atoms with Crippen molar-refractivity contribution in [3.05, 3.63) is 12.4 Å². The topological polar surface area (TPSA) is 47.0 Å². The molecule has 0 radical (unpaired) electrons. The van der Waals surface area contributed by atoms with E-state index >= 15 is 0 Å². The van der Waals surface area contributed by atoms with Crippen LogP contribution in [0.5, 0.6) is 5.88 Å². The van der Waals surface area contributed by atoms with Gasteiger partial charge in [-0.25, -0.2) is 0 Å². The highest BCUT2D eigenvalue weighted by Crippen LogP contribution is 2.35. The molecule has 0 fully saturated rings. The largest absolute Gasteiger partial charge is 0.470 e. The summed E-state index contributed by atoms with van der Waals surface area (Å²) in [5, 5.41) is 2.71. The van der Waals surface area contributed by atoms with Gasteiger partial charge in [-0.2, -0.15) is 26.9 Å². The maximum atomic E-state index is 12.6. The minimum Gasteiger partial charge on any atom is -0.470 e. The Morgan fingerprint density at radius 1 is 1.22 bits per heavy atom. The average molecular weight is 271 g/mol. The first-order valence-electron chi connectivity index (χ1n) is 4.89. The molecule has 0 bridgehead atoms. The van der Waals surface area contributed by atoms with E-state index in [1.54, 1.807) is 6.92 Å². The van der Waals surface area contributed by atoms with Gasteiger partial charge in [0.05, 0.1) is 12.4 Å². The molecule has 0 atom stereocenters. The zero-order valence-corrected chi connectivity index (χ0v) is 9.26. The van der Waals surface area contributed by atoms with Crippen molar-refractivity contribution in [2.24, 2.45) is 0 Å². The van der Waals surface area contributed by atoms with Crippen molar-refractivity contribution in [2.75, 3.05) is 18.5 Å². The van der Waals surface area contributed by atoms with Gasteiger partial charge in [0.25, 0.3) is 0 Å². The number of halogens is 5. The van der Waals surface area contributed by atoms with E-state index in [9.17, 15) is 22.0 Å². The Kier molecular flexibility index (Phi) is 4.25. The summed E-state index contributed by atoms with van der Waals surface area (Å²) >= 11 is 0. The fourth-order valence-corrected chi connectivity index (χ4v) is 0.930. The Morgan fingerprint density at radius 2 is 1.89 bits per heavy atom. The monoisotopic (exact) mass is 271 g/mol. The SMILES string of the molecule is CCNc1cncc(OCC(F)(F)C(F)(F)F)n1. The molecule has 0 aliphatic heterocycles. The van der Waals surface area contributed by atoms with Crippen molar-refractivity contribution in [1.82, 2.24) is 9.97 Å². The van der Waals surface area contributed by atoms with Crippen LogP contribution in [0.2, 0.25) is 0 Å². The summed E-state index contributed by atoms with van der Waals surface area (Å²) in [6.45, 7) is 0.421. The highest BCUT2D eigenvalue weighted by atomic mass is 19.4. The molecule has 1 aromatic rings. The zero-order chi connectivity index (χ0) is 13.8. The van der Waals surface area contributed by atoms with Crippen molar-refractivity contribution in [3.8, 4) is 5.88 Å². The number of nitrogens with one attached hydrogen (secondary N) is 1. The second-order valence-corrected chi connectivity index (χ2v) is 3.26. The Labute approximate surface area is 99.2 Å². The fraction of sp³-hybridized carbons (Fsp3) is 0.556. The van der Waals surface area contributed by atoms with Gasteiger partial charge in [-0.1, -0.05) is 0 Å². The normalized spacial score (nSPS) is 12.3. The number of nitrogens with zero attached hydrogens (tertiary/aromatic N) is 2. The maximum absolute atomic E-state index is 12.6. The highest BCUT2D eigenvalue weighted by molar-refractivity contribution is 5.32. The lowest BCUT2D eigenvalue weighted by Gasteiger charge is -2.19. The standard InChI is InChI=1S/C9H10F5N3O/c1-2-16-6-3-15-4-7(17-6)18-5-8(10,11)9(12,13)14/h3-4H,2,5H2,1H3,(H,16,17). The summed E-state index contributed by atoms with van der Waals surface area (Å²) in [4.78, 5) is 7.24. The van der Waals surface area contributed by atoms with E-state index < -0.39 is 24.6 Å². The van der Waals surface area contributed by atoms with Crippen molar-refractivity contribution in [2.45, 2.75) is 19.0 Å². The van der Waals surface area contributed by atoms with Gasteiger partial charge in [-0.15, -0.1) is 0 Å². The van der Waals surface area contributed by atoms with Crippen LogP contribution in [0.3, 0.4) is 0 Å². The predicted molar refractivity (Wildman–Crippen MR) is 52.7 cm³/mol. The number of hydrogen-bond donors (Lipinski definition) is 1. The quantitative estimate of drug-likeness (QED) is 0.836. The van der Waals surface area contributed by atoms with E-state index in [1.165, 1.54) is 6.20 Å². The summed E-state index contributed by atoms with van der Waals surface area (Å²) in [6, 6.07) is 0. The van der Waals surface area contributed by atoms with Crippen LogP contribution in [0.1, 0.15) is 6.92 Å². The van der Waals surface area contributed by atoms with Crippen LogP contribution < -0.4 is 10.1 Å². The van der Waals surface area contributed by atoms with E-state index in [2.05, 4.69) is 20.0 Å². The number of rotatable bonds is 5. The molecule has 0 spiro atoms. The van der Waals surface area contributed by atoms with Gasteiger partial charge in [0.1, 0.15) is 5.82 Å². The third kappa shape index (κ3) is 3.67. The first kappa shape index (κ1) is 14.4. The van der Waals surface area contributed by atoms with Gasteiger partial charge in [0, 0.05) is 6.54 Å². The number of aromatic nitrogens is 2. The summed E-state index contributed by atoms with van der Waals surface area (Å²) < 4.78 is 65.0. The van der Waals surface area contributed by atoms with Gasteiger partial charge < -0.3 is 10.1 Å². The van der Waals surface area contributed by atoms with Crippen LogP contribution in [-0.2, 0) is 0 Å². The average Bonchev–Trinajstić information content (AvgIpc) is 2.26. The Balaban J connectivity index is 2.66. The van der Waals surface area contributed by atoms with Crippen LogP contribution in [0.25, 0.3) is 0 Å². The second kappa shape index (κ2) is 5.32. The molecule has 1 rings (SSSR count). The van der Waals surface area contributed by atoms with Crippen molar-refractivity contribution in [1.29, 1.82) is 0 Å². The lowest BCUT2D eigenvalue weighted by molar-refractivity contribution is -0.290. The van der Waals surface area contributed by atoms with E-state index in [4.69, 9.17) is 0 Å². The Morgan fingerprint density at radius 3 is 2.44 bits per heavy atom. The van der Waals surface area contributed by atoms with E-state index in [-0.39, 0.29) is 5.82 Å². The maximum Gasteiger partial charge on any atom is 0.456 e. The summed E-state index contributed by atoms with van der Waals surface area (Å²) in [5.41, 5.74) is 0. The molecule has 0 aromatic carbocycles. The fourth-order valence-electron chi connectivity index (χ4n) is 0.930. The molecule has 1 aromatic heterocycles. The molecule has 0 saturated heterocycles. The summed E-state index contributed by atoms with van der Waals surface area (Å²) in [7, 11) is 0. The molecular formula is C9H10F5N3O. The third-order valence-electron chi connectivity index (χ3n) is 1.79. The van der Waals surface area contributed by atoms with Gasteiger partial charge >= 0.3 is 12.1 Å². The molecule has 0 aliphatic carbocycles. The van der Waals surface area contributed by atoms with Crippen LogP contribution >= 0.6 is 0 Å². The van der Waals surface area contributed by atoms with Crippen LogP contribution in [-0.4, -0.2) is 35.2 Å². The van der Waals surface area contributed by atoms with E-state index in [1.807, 2.05) is 0 Å². The molecular weight excluding hydrogens is 261 g/mol. The molecule has 0 unspecified atom stereocenters. The first-order chi connectivity index (χ1) is 8.26. The Bertz CT molecular complexity index is 396.